The van der Waals surface area contributed by atoms with Gasteiger partial charge in [0.15, 0.2) is 0 Å². The Balaban J connectivity index is 2.05. The first kappa shape index (κ1) is 15.4. The first-order chi connectivity index (χ1) is 12.1. The maximum atomic E-state index is 12.0. The van der Waals surface area contributed by atoms with E-state index in [9.17, 15) is 4.79 Å². The molecule has 0 saturated carbocycles. The van der Waals surface area contributed by atoms with Gasteiger partial charge < -0.3 is 10.3 Å². The Kier molecular flexibility index (Phi) is 3.53. The highest BCUT2D eigenvalue weighted by Gasteiger charge is 2.14. The van der Waals surface area contributed by atoms with Crippen molar-refractivity contribution in [3.8, 4) is 11.1 Å². The number of aromatic nitrogens is 2. The molecule has 124 valence electrons. The van der Waals surface area contributed by atoms with Crippen molar-refractivity contribution in [2.75, 3.05) is 7.05 Å². The molecule has 1 amide bonds. The smallest absolute Gasteiger partial charge is 0.251 e. The van der Waals surface area contributed by atoms with E-state index < -0.39 is 0 Å². The van der Waals surface area contributed by atoms with E-state index in [0.717, 1.165) is 38.6 Å². The van der Waals surface area contributed by atoms with Crippen molar-refractivity contribution < 1.29 is 4.79 Å². The van der Waals surface area contributed by atoms with Crippen LogP contribution in [0.5, 0.6) is 0 Å². The zero-order valence-electron chi connectivity index (χ0n) is 14.5. The van der Waals surface area contributed by atoms with Gasteiger partial charge in [0, 0.05) is 29.6 Å². The van der Waals surface area contributed by atoms with Crippen molar-refractivity contribution in [2.45, 2.75) is 13.8 Å². The molecular formula is C21H19N3O. The molecule has 2 heterocycles. The van der Waals surface area contributed by atoms with Gasteiger partial charge in [0.1, 0.15) is 5.65 Å². The lowest BCUT2D eigenvalue weighted by Gasteiger charge is -2.08. The molecule has 0 radical (unpaired) electrons. The molecule has 2 aromatic carbocycles. The second-order valence-electron chi connectivity index (χ2n) is 6.37. The Morgan fingerprint density at radius 2 is 1.96 bits per heavy atom. The van der Waals surface area contributed by atoms with E-state index in [2.05, 4.69) is 40.4 Å². The third-order valence-electron chi connectivity index (χ3n) is 4.61. The Bertz CT molecular complexity index is 1120. The first-order valence-electron chi connectivity index (χ1n) is 8.28. The Morgan fingerprint density at radius 1 is 1.12 bits per heavy atom. The van der Waals surface area contributed by atoms with Gasteiger partial charge in [-0.3, -0.25) is 4.79 Å². The minimum Gasteiger partial charge on any atom is -0.355 e. The summed E-state index contributed by atoms with van der Waals surface area (Å²) in [5, 5.41) is 4.95. The molecule has 4 nitrogen and oxygen atoms in total. The van der Waals surface area contributed by atoms with E-state index in [-0.39, 0.29) is 5.91 Å². The van der Waals surface area contributed by atoms with Crippen LogP contribution in [-0.2, 0) is 0 Å². The summed E-state index contributed by atoms with van der Waals surface area (Å²) in [4.78, 5) is 20.0. The molecule has 0 aliphatic carbocycles. The molecule has 4 aromatic rings. The number of fused-ring (bicyclic) bond motifs is 3. The van der Waals surface area contributed by atoms with Crippen LogP contribution >= 0.6 is 0 Å². The van der Waals surface area contributed by atoms with Crippen LogP contribution < -0.4 is 5.32 Å². The number of H-pyrrole nitrogens is 1. The molecule has 0 aliphatic heterocycles. The molecule has 0 fully saturated rings. The third-order valence-corrected chi connectivity index (χ3v) is 4.61. The van der Waals surface area contributed by atoms with Gasteiger partial charge >= 0.3 is 0 Å². The van der Waals surface area contributed by atoms with E-state index in [1.54, 1.807) is 7.05 Å². The summed E-state index contributed by atoms with van der Waals surface area (Å²) in [5.41, 5.74) is 7.06. The van der Waals surface area contributed by atoms with E-state index in [4.69, 9.17) is 0 Å². The van der Waals surface area contributed by atoms with Crippen LogP contribution in [0.4, 0.5) is 0 Å². The van der Waals surface area contributed by atoms with Gasteiger partial charge in [-0.05, 0) is 54.3 Å². The fraction of sp³-hybridized carbons (Fsp3) is 0.143. The lowest BCUT2D eigenvalue weighted by molar-refractivity contribution is 0.0963. The number of nitrogens with one attached hydrogen (secondary N) is 2. The molecule has 25 heavy (non-hydrogen) atoms. The van der Waals surface area contributed by atoms with Crippen LogP contribution in [0.25, 0.3) is 33.1 Å². The largest absolute Gasteiger partial charge is 0.355 e. The van der Waals surface area contributed by atoms with Gasteiger partial charge in [-0.25, -0.2) is 4.98 Å². The van der Waals surface area contributed by atoms with Crippen LogP contribution in [0.15, 0.2) is 48.7 Å². The molecule has 4 rings (SSSR count). The van der Waals surface area contributed by atoms with Gasteiger partial charge in [0.05, 0.1) is 5.52 Å². The maximum absolute atomic E-state index is 12.0. The fourth-order valence-electron chi connectivity index (χ4n) is 3.34. The number of hydrogen-bond donors (Lipinski definition) is 2. The van der Waals surface area contributed by atoms with Gasteiger partial charge in [-0.15, -0.1) is 0 Å². The van der Waals surface area contributed by atoms with Crippen LogP contribution in [-0.4, -0.2) is 22.9 Å². The highest BCUT2D eigenvalue weighted by molar-refractivity contribution is 6.14. The Hall–Kier alpha value is -3.14. The van der Waals surface area contributed by atoms with E-state index in [1.807, 2.05) is 37.4 Å². The van der Waals surface area contributed by atoms with Gasteiger partial charge in [0.25, 0.3) is 5.91 Å². The molecule has 0 spiro atoms. The Morgan fingerprint density at radius 3 is 2.76 bits per heavy atom. The van der Waals surface area contributed by atoms with E-state index in [0.29, 0.717) is 5.56 Å². The first-order valence-corrected chi connectivity index (χ1v) is 8.28. The minimum absolute atomic E-state index is 0.0818. The zero-order valence-corrected chi connectivity index (χ0v) is 14.5. The van der Waals surface area contributed by atoms with E-state index >= 15 is 0 Å². The van der Waals surface area contributed by atoms with E-state index in [1.165, 1.54) is 5.56 Å². The minimum atomic E-state index is -0.0818. The topological polar surface area (TPSA) is 57.8 Å². The van der Waals surface area contributed by atoms with Crippen molar-refractivity contribution in [3.63, 3.8) is 0 Å². The zero-order chi connectivity index (χ0) is 17.6. The standard InChI is InChI=1S/C21H19N3O/c1-12-9-17-18-16(14-5-4-6-15(10-14)21(25)22-3)8-7-13(2)19(18)24-20(17)23-11-12/h4-11H,1-3H3,(H,22,25)(H,23,24). The number of aryl methyl sites for hydroxylation is 2. The highest BCUT2D eigenvalue weighted by Crippen LogP contribution is 2.36. The molecule has 0 atom stereocenters. The number of hydrogen-bond acceptors (Lipinski definition) is 2. The summed E-state index contributed by atoms with van der Waals surface area (Å²) in [7, 11) is 1.65. The number of nitrogens with zero attached hydrogens (tertiary/aromatic N) is 1. The molecule has 0 unspecified atom stereocenters. The second kappa shape index (κ2) is 5.74. The van der Waals surface area contributed by atoms with Gasteiger partial charge in [-0.2, -0.15) is 0 Å². The van der Waals surface area contributed by atoms with Crippen LogP contribution in [0.2, 0.25) is 0 Å². The summed E-state index contributed by atoms with van der Waals surface area (Å²) in [6.07, 6.45) is 1.87. The quantitative estimate of drug-likeness (QED) is 0.574. The summed E-state index contributed by atoms with van der Waals surface area (Å²) in [5.74, 6) is -0.0818. The van der Waals surface area contributed by atoms with Crippen LogP contribution in [0.1, 0.15) is 21.5 Å². The fourth-order valence-corrected chi connectivity index (χ4v) is 3.34. The normalized spacial score (nSPS) is 11.2. The van der Waals surface area contributed by atoms with Crippen molar-refractivity contribution in [1.29, 1.82) is 0 Å². The monoisotopic (exact) mass is 329 g/mol. The number of rotatable bonds is 2. The second-order valence-corrected chi connectivity index (χ2v) is 6.37. The summed E-state index contributed by atoms with van der Waals surface area (Å²) >= 11 is 0. The molecule has 2 N–H and O–H groups in total. The van der Waals surface area contributed by atoms with Gasteiger partial charge in [0.2, 0.25) is 0 Å². The Labute approximate surface area is 145 Å². The van der Waals surface area contributed by atoms with Crippen molar-refractivity contribution in [2.24, 2.45) is 0 Å². The molecule has 0 aliphatic rings. The number of aromatic amines is 1. The van der Waals surface area contributed by atoms with Crippen LogP contribution in [0, 0.1) is 13.8 Å². The number of carbonyl (C=O) groups is 1. The molecule has 0 saturated heterocycles. The number of benzene rings is 2. The summed E-state index contributed by atoms with van der Waals surface area (Å²) in [6, 6.07) is 14.1. The predicted molar refractivity (Wildman–Crippen MR) is 102 cm³/mol. The van der Waals surface area contributed by atoms with Crippen molar-refractivity contribution in [3.05, 3.63) is 65.4 Å². The lowest BCUT2D eigenvalue weighted by Crippen LogP contribution is -2.17. The molecular weight excluding hydrogens is 310 g/mol. The average Bonchev–Trinajstić information content (AvgIpc) is 3.01. The molecule has 0 bridgehead atoms. The van der Waals surface area contributed by atoms with Crippen LogP contribution in [0.3, 0.4) is 0 Å². The number of carbonyl (C=O) groups excluding carboxylic acids is 1. The number of amides is 1. The van der Waals surface area contributed by atoms with Gasteiger partial charge in [-0.1, -0.05) is 24.3 Å². The SMILES string of the molecule is CNC(=O)c1cccc(-c2ccc(C)c3[nH]c4ncc(C)cc4c23)c1. The molecule has 4 heteroatoms. The third kappa shape index (κ3) is 2.47. The molecule has 2 aromatic heterocycles. The average molecular weight is 329 g/mol. The highest BCUT2D eigenvalue weighted by atomic mass is 16.1. The predicted octanol–water partition coefficient (Wildman–Crippen LogP) is 4.36. The summed E-state index contributed by atoms with van der Waals surface area (Å²) < 4.78 is 0. The summed E-state index contributed by atoms with van der Waals surface area (Å²) in [6.45, 7) is 4.14. The van der Waals surface area contributed by atoms with Crippen molar-refractivity contribution in [1.82, 2.24) is 15.3 Å². The lowest BCUT2D eigenvalue weighted by atomic mass is 9.96. The number of pyridine rings is 1. The van der Waals surface area contributed by atoms with Crippen molar-refractivity contribution >= 4 is 27.8 Å². The maximum Gasteiger partial charge on any atom is 0.251 e.